The summed E-state index contributed by atoms with van der Waals surface area (Å²) in [7, 11) is 0. The minimum absolute atomic E-state index is 0.468. The van der Waals surface area contributed by atoms with Crippen LogP contribution in [0.1, 0.15) is 25.3 Å². The Balaban J connectivity index is 2.36. The number of nitrogens with one attached hydrogen (secondary N) is 1. The van der Waals surface area contributed by atoms with E-state index in [1.54, 1.807) is 6.07 Å². The van der Waals surface area contributed by atoms with Crippen LogP contribution in [-0.4, -0.2) is 25.7 Å². The maximum Gasteiger partial charge on any atom is 0.103 e. The Bertz CT molecular complexity index is 447. The van der Waals surface area contributed by atoms with Gasteiger partial charge in [-0.15, -0.1) is 0 Å². The lowest BCUT2D eigenvalue weighted by Crippen LogP contribution is -2.38. The Hall–Kier alpha value is -1.24. The van der Waals surface area contributed by atoms with Gasteiger partial charge in [0.15, 0.2) is 0 Å². The highest BCUT2D eigenvalue weighted by Gasteiger charge is 2.24. The number of hydrogen-bond donors (Lipinski definition) is 1. The van der Waals surface area contributed by atoms with Crippen LogP contribution >= 0.6 is 11.6 Å². The fourth-order valence-corrected chi connectivity index (χ4v) is 2.72. The highest BCUT2D eigenvalue weighted by molar-refractivity contribution is 6.32. The van der Waals surface area contributed by atoms with Crippen LogP contribution in [0.15, 0.2) is 18.2 Å². The second-order valence-corrected chi connectivity index (χ2v) is 4.99. The molecule has 1 aromatic rings. The van der Waals surface area contributed by atoms with Gasteiger partial charge in [0.1, 0.15) is 6.07 Å². The SMILES string of the molecule is CCCN(c1cccc(Cl)c1C#N)C1CCNC1. The highest BCUT2D eigenvalue weighted by atomic mass is 35.5. The average Bonchev–Trinajstić information content (AvgIpc) is 2.89. The second-order valence-electron chi connectivity index (χ2n) is 4.59. The lowest BCUT2D eigenvalue weighted by atomic mass is 10.1. The van der Waals surface area contributed by atoms with E-state index in [9.17, 15) is 5.26 Å². The summed E-state index contributed by atoms with van der Waals surface area (Å²) in [4.78, 5) is 2.32. The van der Waals surface area contributed by atoms with Crippen LogP contribution in [0.4, 0.5) is 5.69 Å². The van der Waals surface area contributed by atoms with Gasteiger partial charge in [0.25, 0.3) is 0 Å². The van der Waals surface area contributed by atoms with Gasteiger partial charge in [-0.3, -0.25) is 0 Å². The average molecular weight is 264 g/mol. The molecule has 1 fully saturated rings. The number of nitrogens with zero attached hydrogens (tertiary/aromatic N) is 2. The molecule has 0 radical (unpaired) electrons. The van der Waals surface area contributed by atoms with Crippen LogP contribution in [0, 0.1) is 11.3 Å². The van der Waals surface area contributed by atoms with Gasteiger partial charge in [-0.25, -0.2) is 0 Å². The summed E-state index contributed by atoms with van der Waals surface area (Å²) in [6.07, 6.45) is 2.19. The number of hydrogen-bond acceptors (Lipinski definition) is 3. The molecule has 1 unspecified atom stereocenters. The third-order valence-electron chi connectivity index (χ3n) is 3.35. The van der Waals surface area contributed by atoms with E-state index in [4.69, 9.17) is 11.6 Å². The van der Waals surface area contributed by atoms with Crippen LogP contribution < -0.4 is 10.2 Å². The molecule has 1 N–H and O–H groups in total. The van der Waals surface area contributed by atoms with Crippen molar-refractivity contribution in [3.8, 4) is 6.07 Å². The van der Waals surface area contributed by atoms with Gasteiger partial charge in [0.2, 0.25) is 0 Å². The molecule has 1 atom stereocenters. The molecule has 0 aromatic heterocycles. The monoisotopic (exact) mass is 263 g/mol. The molecule has 1 aromatic carbocycles. The van der Waals surface area contributed by atoms with Gasteiger partial charge < -0.3 is 10.2 Å². The van der Waals surface area contributed by atoms with E-state index < -0.39 is 0 Å². The first-order valence-electron chi connectivity index (χ1n) is 6.44. The van der Waals surface area contributed by atoms with Crippen molar-refractivity contribution in [3.63, 3.8) is 0 Å². The molecule has 2 rings (SSSR count). The van der Waals surface area contributed by atoms with Gasteiger partial charge in [0.05, 0.1) is 16.3 Å². The minimum atomic E-state index is 0.468. The van der Waals surface area contributed by atoms with E-state index in [1.165, 1.54) is 0 Å². The maximum atomic E-state index is 9.28. The van der Waals surface area contributed by atoms with Crippen molar-refractivity contribution in [1.29, 1.82) is 5.26 Å². The normalized spacial score (nSPS) is 18.6. The smallest absolute Gasteiger partial charge is 0.103 e. The largest absolute Gasteiger partial charge is 0.366 e. The Morgan fingerprint density at radius 2 is 2.39 bits per heavy atom. The topological polar surface area (TPSA) is 39.1 Å². The molecule has 1 aliphatic heterocycles. The molecular weight excluding hydrogens is 246 g/mol. The predicted molar refractivity (Wildman–Crippen MR) is 75.1 cm³/mol. The molecule has 0 spiro atoms. The Morgan fingerprint density at radius 1 is 1.56 bits per heavy atom. The first kappa shape index (κ1) is 13.2. The summed E-state index contributed by atoms with van der Waals surface area (Å²) < 4.78 is 0. The lowest BCUT2D eigenvalue weighted by molar-refractivity contribution is 0.625. The summed E-state index contributed by atoms with van der Waals surface area (Å²) in [5.41, 5.74) is 1.57. The van der Waals surface area contributed by atoms with Crippen LogP contribution in [0.3, 0.4) is 0 Å². The molecule has 0 amide bonds. The summed E-state index contributed by atoms with van der Waals surface area (Å²) in [5, 5.41) is 13.2. The second kappa shape index (κ2) is 6.08. The fraction of sp³-hybridized carbons (Fsp3) is 0.500. The molecule has 3 nitrogen and oxygen atoms in total. The summed E-state index contributed by atoms with van der Waals surface area (Å²) in [6.45, 7) is 5.15. The van der Waals surface area contributed by atoms with E-state index in [0.29, 0.717) is 16.6 Å². The van der Waals surface area contributed by atoms with Gasteiger partial charge in [-0.05, 0) is 31.5 Å². The fourth-order valence-electron chi connectivity index (χ4n) is 2.51. The molecule has 4 heteroatoms. The van der Waals surface area contributed by atoms with Crippen molar-refractivity contribution in [2.75, 3.05) is 24.5 Å². The van der Waals surface area contributed by atoms with Crippen molar-refractivity contribution >= 4 is 17.3 Å². The van der Waals surface area contributed by atoms with E-state index in [0.717, 1.165) is 38.2 Å². The number of nitriles is 1. The number of halogens is 1. The molecule has 1 saturated heterocycles. The number of benzene rings is 1. The van der Waals surface area contributed by atoms with Crippen LogP contribution in [0.5, 0.6) is 0 Å². The summed E-state index contributed by atoms with van der Waals surface area (Å²) in [6, 6.07) is 8.40. The molecule has 0 saturated carbocycles. The molecule has 1 aliphatic rings. The molecule has 0 bridgehead atoms. The zero-order valence-electron chi connectivity index (χ0n) is 10.6. The van der Waals surface area contributed by atoms with E-state index in [1.807, 2.05) is 12.1 Å². The van der Waals surface area contributed by atoms with Crippen molar-refractivity contribution in [1.82, 2.24) is 5.32 Å². The van der Waals surface area contributed by atoms with Crippen LogP contribution in [0.25, 0.3) is 0 Å². The predicted octanol–water partition coefficient (Wildman–Crippen LogP) is 2.79. The molecular formula is C14H18ClN3. The summed E-state index contributed by atoms with van der Waals surface area (Å²) in [5.74, 6) is 0. The summed E-state index contributed by atoms with van der Waals surface area (Å²) >= 11 is 6.12. The standard InChI is InChI=1S/C14H18ClN3/c1-2-8-18(11-6-7-17-10-11)14-5-3-4-13(15)12(14)9-16/h3-5,11,17H,2,6-8,10H2,1H3. The Morgan fingerprint density at radius 3 is 3.00 bits per heavy atom. The Labute approximate surface area is 113 Å². The number of anilines is 1. The van der Waals surface area contributed by atoms with Crippen molar-refractivity contribution < 1.29 is 0 Å². The Kier molecular flexibility index (Phi) is 4.46. The van der Waals surface area contributed by atoms with Crippen molar-refractivity contribution in [3.05, 3.63) is 28.8 Å². The first-order chi connectivity index (χ1) is 8.77. The zero-order valence-corrected chi connectivity index (χ0v) is 11.4. The molecule has 1 heterocycles. The molecule has 18 heavy (non-hydrogen) atoms. The van der Waals surface area contributed by atoms with Crippen molar-refractivity contribution in [2.24, 2.45) is 0 Å². The maximum absolute atomic E-state index is 9.28. The number of rotatable bonds is 4. The van der Waals surface area contributed by atoms with Crippen molar-refractivity contribution in [2.45, 2.75) is 25.8 Å². The van der Waals surface area contributed by atoms with Gasteiger partial charge in [0, 0.05) is 19.1 Å². The zero-order chi connectivity index (χ0) is 13.0. The van der Waals surface area contributed by atoms with E-state index in [2.05, 4.69) is 23.2 Å². The van der Waals surface area contributed by atoms with Gasteiger partial charge in [-0.2, -0.15) is 5.26 Å². The third kappa shape index (κ3) is 2.60. The van der Waals surface area contributed by atoms with Crippen LogP contribution in [-0.2, 0) is 0 Å². The third-order valence-corrected chi connectivity index (χ3v) is 3.67. The minimum Gasteiger partial charge on any atom is -0.366 e. The van der Waals surface area contributed by atoms with Gasteiger partial charge in [-0.1, -0.05) is 24.6 Å². The molecule has 96 valence electrons. The van der Waals surface area contributed by atoms with Crippen LogP contribution in [0.2, 0.25) is 5.02 Å². The quantitative estimate of drug-likeness (QED) is 0.908. The van der Waals surface area contributed by atoms with E-state index >= 15 is 0 Å². The lowest BCUT2D eigenvalue weighted by Gasteiger charge is -2.31. The highest BCUT2D eigenvalue weighted by Crippen LogP contribution is 2.29. The van der Waals surface area contributed by atoms with E-state index in [-0.39, 0.29) is 0 Å². The van der Waals surface area contributed by atoms with Gasteiger partial charge >= 0.3 is 0 Å². The first-order valence-corrected chi connectivity index (χ1v) is 6.81. The molecule has 0 aliphatic carbocycles.